The van der Waals surface area contributed by atoms with E-state index in [0.717, 1.165) is 62.6 Å². The van der Waals surface area contributed by atoms with Gasteiger partial charge in [-0.05, 0) is 52.4 Å². The van der Waals surface area contributed by atoms with Gasteiger partial charge in [-0.2, -0.15) is 0 Å². The van der Waals surface area contributed by atoms with Gasteiger partial charge >= 0.3 is 0 Å². The van der Waals surface area contributed by atoms with Crippen LogP contribution in [0.4, 0.5) is 0 Å². The smallest absolute Gasteiger partial charge is 0.193 e. The predicted octanol–water partition coefficient (Wildman–Crippen LogP) is 2.55. The van der Waals surface area contributed by atoms with E-state index in [-0.39, 0.29) is 0 Å². The number of rotatable bonds is 7. The molecule has 2 rings (SSSR count). The first-order chi connectivity index (χ1) is 11.6. The summed E-state index contributed by atoms with van der Waals surface area (Å²) in [4.78, 5) is 7.01. The van der Waals surface area contributed by atoms with Gasteiger partial charge < -0.3 is 19.5 Å². The summed E-state index contributed by atoms with van der Waals surface area (Å²) in [6.07, 6.45) is 4.44. The van der Waals surface area contributed by atoms with E-state index in [0.29, 0.717) is 0 Å². The molecule has 0 aliphatic carbocycles. The van der Waals surface area contributed by atoms with Gasteiger partial charge in [-0.15, -0.1) is 0 Å². The van der Waals surface area contributed by atoms with Crippen LogP contribution in [0.2, 0.25) is 0 Å². The first-order valence-corrected chi connectivity index (χ1v) is 9.10. The maximum atomic E-state index is 5.44. The molecule has 0 bridgehead atoms. The van der Waals surface area contributed by atoms with Crippen LogP contribution >= 0.6 is 0 Å². The van der Waals surface area contributed by atoms with Crippen molar-refractivity contribution in [2.45, 2.75) is 46.5 Å². The van der Waals surface area contributed by atoms with E-state index in [2.05, 4.69) is 29.3 Å². The molecule has 1 N–H and O–H groups in total. The van der Waals surface area contributed by atoms with Crippen molar-refractivity contribution in [3.8, 4) is 0 Å². The number of nitrogens with zero attached hydrogens (tertiary/aromatic N) is 3. The number of aryl methyl sites for hydroxylation is 2. The van der Waals surface area contributed by atoms with Crippen molar-refractivity contribution >= 4 is 5.96 Å². The minimum Gasteiger partial charge on any atom is -0.381 e. The summed E-state index contributed by atoms with van der Waals surface area (Å²) in [5.74, 6) is 2.67. The van der Waals surface area contributed by atoms with Crippen LogP contribution in [0.25, 0.3) is 0 Å². The van der Waals surface area contributed by atoms with Crippen LogP contribution in [-0.2, 0) is 11.2 Å². The van der Waals surface area contributed by atoms with Crippen molar-refractivity contribution in [1.82, 2.24) is 15.4 Å². The molecule has 24 heavy (non-hydrogen) atoms. The van der Waals surface area contributed by atoms with Crippen LogP contribution in [0, 0.1) is 19.8 Å². The van der Waals surface area contributed by atoms with Gasteiger partial charge in [0.2, 0.25) is 0 Å². The molecule has 0 saturated carbocycles. The first kappa shape index (κ1) is 18.8. The summed E-state index contributed by atoms with van der Waals surface area (Å²) in [6.45, 7) is 10.5. The third-order valence-electron chi connectivity index (χ3n) is 4.71. The average molecular weight is 336 g/mol. The Kier molecular flexibility index (Phi) is 7.56. The van der Waals surface area contributed by atoms with Gasteiger partial charge in [0, 0.05) is 45.5 Å². The third kappa shape index (κ3) is 5.51. The fourth-order valence-corrected chi connectivity index (χ4v) is 3.12. The number of hydrogen-bond donors (Lipinski definition) is 1. The fourth-order valence-electron chi connectivity index (χ4n) is 3.12. The van der Waals surface area contributed by atoms with E-state index >= 15 is 0 Å². The molecule has 0 amide bonds. The van der Waals surface area contributed by atoms with Gasteiger partial charge in [0.05, 0.1) is 5.69 Å². The Morgan fingerprint density at radius 2 is 2.08 bits per heavy atom. The zero-order chi connectivity index (χ0) is 17.4. The van der Waals surface area contributed by atoms with Crippen molar-refractivity contribution in [2.75, 3.05) is 39.9 Å². The lowest BCUT2D eigenvalue weighted by atomic mass is 9.96. The molecule has 6 heteroatoms. The second-order valence-corrected chi connectivity index (χ2v) is 6.55. The van der Waals surface area contributed by atoms with Crippen molar-refractivity contribution in [2.24, 2.45) is 10.9 Å². The highest BCUT2D eigenvalue weighted by molar-refractivity contribution is 5.79. The minimum atomic E-state index is 0.743. The predicted molar refractivity (Wildman–Crippen MR) is 96.4 cm³/mol. The summed E-state index contributed by atoms with van der Waals surface area (Å²) in [5.41, 5.74) is 2.15. The molecule has 0 atom stereocenters. The quantitative estimate of drug-likeness (QED) is 0.612. The Bertz CT molecular complexity index is 502. The number of aliphatic imine (C=N–C) groups is 1. The molecule has 0 radical (unpaired) electrons. The summed E-state index contributed by atoms with van der Waals surface area (Å²) < 4.78 is 10.7. The summed E-state index contributed by atoms with van der Waals surface area (Å²) in [6, 6.07) is 0. The van der Waals surface area contributed by atoms with Crippen LogP contribution < -0.4 is 5.32 Å². The van der Waals surface area contributed by atoms with Crippen molar-refractivity contribution in [1.29, 1.82) is 0 Å². The molecule has 0 unspecified atom stereocenters. The molecule has 1 aromatic rings. The van der Waals surface area contributed by atoms with E-state index in [1.807, 2.05) is 13.8 Å². The SMILES string of the molecule is CCNC(=NCCc1c(C)noc1C)N(C)CCC1CCOCC1. The van der Waals surface area contributed by atoms with Crippen molar-refractivity contribution in [3.05, 3.63) is 17.0 Å². The number of aromatic nitrogens is 1. The molecular weight excluding hydrogens is 304 g/mol. The molecule has 1 aromatic heterocycles. The Labute approximate surface area is 145 Å². The molecule has 0 aromatic carbocycles. The van der Waals surface area contributed by atoms with E-state index in [1.54, 1.807) is 0 Å². The lowest BCUT2D eigenvalue weighted by Gasteiger charge is -2.26. The second-order valence-electron chi connectivity index (χ2n) is 6.55. The average Bonchev–Trinajstić information content (AvgIpc) is 2.91. The van der Waals surface area contributed by atoms with Crippen LogP contribution in [0.3, 0.4) is 0 Å². The highest BCUT2D eigenvalue weighted by Gasteiger charge is 2.15. The molecule has 0 spiro atoms. The van der Waals surface area contributed by atoms with Crippen LogP contribution in [0.15, 0.2) is 9.52 Å². The van der Waals surface area contributed by atoms with Crippen LogP contribution in [0.1, 0.15) is 43.2 Å². The minimum absolute atomic E-state index is 0.743. The van der Waals surface area contributed by atoms with Gasteiger partial charge in [0.15, 0.2) is 5.96 Å². The number of hydrogen-bond acceptors (Lipinski definition) is 4. The number of nitrogens with one attached hydrogen (secondary N) is 1. The molecule has 6 nitrogen and oxygen atoms in total. The topological polar surface area (TPSA) is 62.9 Å². The third-order valence-corrected chi connectivity index (χ3v) is 4.71. The van der Waals surface area contributed by atoms with E-state index < -0.39 is 0 Å². The maximum Gasteiger partial charge on any atom is 0.193 e. The number of guanidine groups is 1. The normalized spacial score (nSPS) is 16.4. The fraction of sp³-hybridized carbons (Fsp3) is 0.778. The van der Waals surface area contributed by atoms with E-state index in [1.165, 1.54) is 24.8 Å². The molecule has 1 saturated heterocycles. The zero-order valence-electron chi connectivity index (χ0n) is 15.6. The van der Waals surface area contributed by atoms with Gasteiger partial charge in [-0.1, -0.05) is 5.16 Å². The largest absolute Gasteiger partial charge is 0.381 e. The molecule has 1 aliphatic heterocycles. The molecule has 1 fully saturated rings. The Balaban J connectivity index is 1.84. The summed E-state index contributed by atoms with van der Waals surface area (Å²) in [5, 5.41) is 7.40. The lowest BCUT2D eigenvalue weighted by Crippen LogP contribution is -2.40. The first-order valence-electron chi connectivity index (χ1n) is 9.10. The van der Waals surface area contributed by atoms with Crippen LogP contribution in [-0.4, -0.2) is 55.9 Å². The maximum absolute atomic E-state index is 5.44. The molecule has 1 aliphatic rings. The lowest BCUT2D eigenvalue weighted by molar-refractivity contribution is 0.0625. The number of ether oxygens (including phenoxy) is 1. The van der Waals surface area contributed by atoms with E-state index in [4.69, 9.17) is 14.3 Å². The van der Waals surface area contributed by atoms with Crippen LogP contribution in [0.5, 0.6) is 0 Å². The monoisotopic (exact) mass is 336 g/mol. The van der Waals surface area contributed by atoms with Gasteiger partial charge in [-0.25, -0.2) is 0 Å². The van der Waals surface area contributed by atoms with E-state index in [9.17, 15) is 0 Å². The highest BCUT2D eigenvalue weighted by atomic mass is 16.5. The highest BCUT2D eigenvalue weighted by Crippen LogP contribution is 2.18. The summed E-state index contributed by atoms with van der Waals surface area (Å²) >= 11 is 0. The second kappa shape index (κ2) is 9.67. The molecule has 136 valence electrons. The standard InChI is InChI=1S/C18H32N4O2/c1-5-19-18(20-10-6-17-14(2)21-24-15(17)3)22(4)11-7-16-8-12-23-13-9-16/h16H,5-13H2,1-4H3,(H,19,20). The Hall–Kier alpha value is -1.56. The van der Waals surface area contributed by atoms with Gasteiger partial charge in [0.25, 0.3) is 0 Å². The summed E-state index contributed by atoms with van der Waals surface area (Å²) in [7, 11) is 2.12. The Morgan fingerprint density at radius 3 is 2.71 bits per heavy atom. The molecular formula is C18H32N4O2. The van der Waals surface area contributed by atoms with Crippen molar-refractivity contribution < 1.29 is 9.26 Å². The van der Waals surface area contributed by atoms with Crippen molar-refractivity contribution in [3.63, 3.8) is 0 Å². The molecule has 2 heterocycles. The zero-order valence-corrected chi connectivity index (χ0v) is 15.6. The van der Waals surface area contributed by atoms with Gasteiger partial charge in [-0.3, -0.25) is 4.99 Å². The van der Waals surface area contributed by atoms with Gasteiger partial charge in [0.1, 0.15) is 5.76 Å². The Morgan fingerprint density at radius 1 is 1.33 bits per heavy atom.